The van der Waals surface area contributed by atoms with Gasteiger partial charge in [-0.15, -0.1) is 10.2 Å². The van der Waals surface area contributed by atoms with Crippen molar-refractivity contribution < 1.29 is 4.79 Å². The molecule has 23 heavy (non-hydrogen) atoms. The number of amides is 1. The Balaban J connectivity index is 1.67. The van der Waals surface area contributed by atoms with Crippen LogP contribution in [0.15, 0.2) is 18.2 Å². The van der Waals surface area contributed by atoms with E-state index in [1.54, 1.807) is 18.3 Å². The highest BCUT2D eigenvalue weighted by molar-refractivity contribution is 7.15. The number of aromatic nitrogens is 3. The van der Waals surface area contributed by atoms with E-state index in [2.05, 4.69) is 28.5 Å². The number of likely N-dealkylation sites (tertiary alicyclic amines) is 1. The Hall–Kier alpha value is -2.02. The molecule has 0 aromatic carbocycles. The fourth-order valence-corrected chi connectivity index (χ4v) is 3.48. The SMILES string of the molecule is CCc1nnc(Nc2cccc(C3CCN(C(C)=O)CC3)n2)s1. The van der Waals surface area contributed by atoms with Crippen LogP contribution in [0.2, 0.25) is 0 Å². The molecule has 0 aliphatic carbocycles. The number of carbonyl (C=O) groups excluding carboxylic acids is 1. The lowest BCUT2D eigenvalue weighted by molar-refractivity contribution is -0.129. The summed E-state index contributed by atoms with van der Waals surface area (Å²) in [7, 11) is 0. The molecular weight excluding hydrogens is 310 g/mol. The van der Waals surface area contributed by atoms with Gasteiger partial charge in [0.05, 0.1) is 0 Å². The lowest BCUT2D eigenvalue weighted by atomic mass is 9.93. The predicted molar refractivity (Wildman–Crippen MR) is 91.0 cm³/mol. The first-order chi connectivity index (χ1) is 11.2. The standard InChI is InChI=1S/C16H21N5OS/c1-3-15-19-20-16(23-15)18-14-6-4-5-13(17-14)12-7-9-21(10-8-12)11(2)22/h4-6,12H,3,7-10H2,1-2H3,(H,17,18,20). The number of nitrogens with one attached hydrogen (secondary N) is 1. The van der Waals surface area contributed by atoms with E-state index in [1.807, 2.05) is 17.0 Å². The lowest BCUT2D eigenvalue weighted by Crippen LogP contribution is -2.36. The number of hydrogen-bond donors (Lipinski definition) is 1. The summed E-state index contributed by atoms with van der Waals surface area (Å²) >= 11 is 1.56. The van der Waals surface area contributed by atoms with Crippen molar-refractivity contribution in [3.8, 4) is 0 Å². The van der Waals surface area contributed by atoms with E-state index in [0.717, 1.165) is 54.0 Å². The molecule has 0 spiro atoms. The number of anilines is 2. The van der Waals surface area contributed by atoms with Gasteiger partial charge in [0.2, 0.25) is 11.0 Å². The zero-order valence-electron chi connectivity index (χ0n) is 13.5. The van der Waals surface area contributed by atoms with Crippen LogP contribution >= 0.6 is 11.3 Å². The third-order valence-electron chi connectivity index (χ3n) is 4.13. The number of piperidine rings is 1. The molecule has 1 N–H and O–H groups in total. The lowest BCUT2D eigenvalue weighted by Gasteiger charge is -2.31. The van der Waals surface area contributed by atoms with Gasteiger partial charge in [-0.1, -0.05) is 24.3 Å². The first-order valence-corrected chi connectivity index (χ1v) is 8.79. The molecule has 7 heteroatoms. The Morgan fingerprint density at radius 1 is 1.35 bits per heavy atom. The second kappa shape index (κ2) is 7.04. The third-order valence-corrected chi connectivity index (χ3v) is 5.12. The van der Waals surface area contributed by atoms with E-state index in [4.69, 9.17) is 4.98 Å². The van der Waals surface area contributed by atoms with Crippen LogP contribution in [0.25, 0.3) is 0 Å². The maximum atomic E-state index is 11.4. The third kappa shape index (κ3) is 3.85. The van der Waals surface area contributed by atoms with Crippen LogP contribution < -0.4 is 5.32 Å². The van der Waals surface area contributed by atoms with Crippen LogP contribution in [0, 0.1) is 0 Å². The minimum absolute atomic E-state index is 0.162. The van der Waals surface area contributed by atoms with Crippen molar-refractivity contribution in [3.05, 3.63) is 28.9 Å². The molecule has 2 aromatic heterocycles. The van der Waals surface area contributed by atoms with Crippen LogP contribution in [0.4, 0.5) is 10.9 Å². The molecule has 1 aliphatic rings. The highest BCUT2D eigenvalue weighted by Crippen LogP contribution is 2.28. The van der Waals surface area contributed by atoms with Gasteiger partial charge in [0.15, 0.2) is 0 Å². The van der Waals surface area contributed by atoms with Crippen LogP contribution in [-0.4, -0.2) is 39.1 Å². The first kappa shape index (κ1) is 15.9. The predicted octanol–water partition coefficient (Wildman–Crippen LogP) is 2.97. The molecule has 1 fully saturated rings. The Morgan fingerprint density at radius 2 is 2.13 bits per heavy atom. The maximum absolute atomic E-state index is 11.4. The quantitative estimate of drug-likeness (QED) is 0.932. The molecule has 6 nitrogen and oxygen atoms in total. The van der Waals surface area contributed by atoms with Crippen molar-refractivity contribution in [2.45, 2.75) is 39.0 Å². The van der Waals surface area contributed by atoms with Gasteiger partial charge in [0.1, 0.15) is 10.8 Å². The van der Waals surface area contributed by atoms with Crippen LogP contribution in [0.5, 0.6) is 0 Å². The summed E-state index contributed by atoms with van der Waals surface area (Å²) in [4.78, 5) is 18.0. The number of nitrogens with zero attached hydrogens (tertiary/aromatic N) is 4. The van der Waals surface area contributed by atoms with Gasteiger partial charge in [-0.05, 0) is 31.4 Å². The van der Waals surface area contributed by atoms with Gasteiger partial charge in [-0.3, -0.25) is 4.79 Å². The summed E-state index contributed by atoms with van der Waals surface area (Å²) in [5.74, 6) is 1.37. The Morgan fingerprint density at radius 3 is 2.78 bits per heavy atom. The molecule has 0 saturated carbocycles. The molecule has 0 radical (unpaired) electrons. The largest absolute Gasteiger partial charge is 0.343 e. The van der Waals surface area contributed by atoms with E-state index in [-0.39, 0.29) is 5.91 Å². The molecule has 0 bridgehead atoms. The molecule has 122 valence electrons. The van der Waals surface area contributed by atoms with Crippen LogP contribution in [0.3, 0.4) is 0 Å². The first-order valence-electron chi connectivity index (χ1n) is 7.97. The molecule has 1 aliphatic heterocycles. The molecule has 1 amide bonds. The van der Waals surface area contributed by atoms with E-state index in [9.17, 15) is 4.79 Å². The average molecular weight is 331 g/mol. The Bertz CT molecular complexity index is 679. The summed E-state index contributed by atoms with van der Waals surface area (Å²) < 4.78 is 0. The van der Waals surface area contributed by atoms with Crippen LogP contribution in [0.1, 0.15) is 43.3 Å². The van der Waals surface area contributed by atoms with Gasteiger partial charge >= 0.3 is 0 Å². The maximum Gasteiger partial charge on any atom is 0.219 e. The van der Waals surface area contributed by atoms with Gasteiger partial charge < -0.3 is 10.2 Å². The molecule has 0 atom stereocenters. The van der Waals surface area contributed by atoms with Crippen molar-refractivity contribution in [1.29, 1.82) is 0 Å². The summed E-state index contributed by atoms with van der Waals surface area (Å²) in [5, 5.41) is 13.3. The van der Waals surface area contributed by atoms with Crippen molar-refractivity contribution in [1.82, 2.24) is 20.1 Å². The smallest absolute Gasteiger partial charge is 0.219 e. The van der Waals surface area contributed by atoms with E-state index >= 15 is 0 Å². The second-order valence-electron chi connectivity index (χ2n) is 5.71. The zero-order chi connectivity index (χ0) is 16.2. The summed E-state index contributed by atoms with van der Waals surface area (Å²) in [5.41, 5.74) is 1.08. The molecule has 3 rings (SSSR count). The van der Waals surface area contributed by atoms with E-state index < -0.39 is 0 Å². The fourth-order valence-electron chi connectivity index (χ4n) is 2.80. The van der Waals surface area contributed by atoms with Gasteiger partial charge in [0.25, 0.3) is 0 Å². The van der Waals surface area contributed by atoms with E-state index in [0.29, 0.717) is 5.92 Å². The Labute approximate surface area is 140 Å². The molecular formula is C16H21N5OS. The summed E-state index contributed by atoms with van der Waals surface area (Å²) in [6, 6.07) is 6.03. The summed E-state index contributed by atoms with van der Waals surface area (Å²) in [6.07, 6.45) is 2.82. The van der Waals surface area contributed by atoms with Gasteiger partial charge in [0, 0.05) is 31.6 Å². The van der Waals surface area contributed by atoms with Gasteiger partial charge in [-0.25, -0.2) is 4.98 Å². The summed E-state index contributed by atoms with van der Waals surface area (Å²) in [6.45, 7) is 5.33. The van der Waals surface area contributed by atoms with Crippen LogP contribution in [-0.2, 0) is 11.2 Å². The Kier molecular flexibility index (Phi) is 4.85. The van der Waals surface area contributed by atoms with Crippen molar-refractivity contribution in [3.63, 3.8) is 0 Å². The number of rotatable bonds is 4. The highest BCUT2D eigenvalue weighted by Gasteiger charge is 2.23. The van der Waals surface area contributed by atoms with Gasteiger partial charge in [-0.2, -0.15) is 0 Å². The highest BCUT2D eigenvalue weighted by atomic mass is 32.1. The fraction of sp³-hybridized carbons (Fsp3) is 0.500. The number of carbonyl (C=O) groups is 1. The minimum atomic E-state index is 0.162. The monoisotopic (exact) mass is 331 g/mol. The minimum Gasteiger partial charge on any atom is -0.343 e. The molecule has 2 aromatic rings. The molecule has 3 heterocycles. The molecule has 0 unspecified atom stereocenters. The second-order valence-corrected chi connectivity index (χ2v) is 6.77. The number of aryl methyl sites for hydroxylation is 1. The van der Waals surface area contributed by atoms with Crippen molar-refractivity contribution >= 4 is 28.2 Å². The number of hydrogen-bond acceptors (Lipinski definition) is 6. The normalized spacial score (nSPS) is 15.7. The molecule has 1 saturated heterocycles. The number of pyridine rings is 1. The topological polar surface area (TPSA) is 71.0 Å². The zero-order valence-corrected chi connectivity index (χ0v) is 14.3. The van der Waals surface area contributed by atoms with E-state index in [1.165, 1.54) is 0 Å². The average Bonchev–Trinajstić information content (AvgIpc) is 3.03. The van der Waals surface area contributed by atoms with Crippen molar-refractivity contribution in [2.24, 2.45) is 0 Å². The van der Waals surface area contributed by atoms with Crippen molar-refractivity contribution in [2.75, 3.05) is 18.4 Å².